The molecule has 1 aliphatic rings. The van der Waals surface area contributed by atoms with Gasteiger partial charge in [0.2, 0.25) is 0 Å². The molecule has 0 spiro atoms. The summed E-state index contributed by atoms with van der Waals surface area (Å²) in [5.41, 5.74) is 1.58. The molecule has 158 valence electrons. The van der Waals surface area contributed by atoms with Crippen molar-refractivity contribution in [2.75, 3.05) is 6.61 Å². The number of carbonyl (C=O) groups is 1. The normalized spacial score (nSPS) is 21.8. The van der Waals surface area contributed by atoms with Crippen LogP contribution in [-0.4, -0.2) is 12.6 Å². The lowest BCUT2D eigenvalue weighted by atomic mass is 9.78. The van der Waals surface area contributed by atoms with Gasteiger partial charge in [0.1, 0.15) is 0 Å². The van der Waals surface area contributed by atoms with Crippen LogP contribution in [-0.2, 0) is 9.53 Å². The van der Waals surface area contributed by atoms with Gasteiger partial charge in [-0.3, -0.25) is 4.79 Å². The third-order valence-corrected chi connectivity index (χ3v) is 6.66. The van der Waals surface area contributed by atoms with E-state index in [0.717, 1.165) is 25.7 Å². The molecule has 1 atom stereocenters. The Morgan fingerprint density at radius 2 is 1.57 bits per heavy atom. The Kier molecular flexibility index (Phi) is 10.1. The molecule has 0 saturated heterocycles. The number of rotatable bonds is 12. The highest BCUT2D eigenvalue weighted by Crippen LogP contribution is 2.37. The average Bonchev–Trinajstić information content (AvgIpc) is 2.74. The summed E-state index contributed by atoms with van der Waals surface area (Å²) in [7, 11) is 0. The lowest BCUT2D eigenvalue weighted by Gasteiger charge is -2.32. The van der Waals surface area contributed by atoms with E-state index in [4.69, 9.17) is 4.74 Å². The molecule has 2 nitrogen and oxygen atoms in total. The molecule has 0 bridgehead atoms. The van der Waals surface area contributed by atoms with Gasteiger partial charge in [-0.25, -0.2) is 0 Å². The Hall–Kier alpha value is -1.31. The molecule has 0 heterocycles. The summed E-state index contributed by atoms with van der Waals surface area (Å²) in [4.78, 5) is 12.7. The fourth-order valence-corrected chi connectivity index (χ4v) is 4.60. The number of ether oxygens (including phenoxy) is 1. The van der Waals surface area contributed by atoms with E-state index in [1.165, 1.54) is 56.9 Å². The van der Waals surface area contributed by atoms with E-state index in [9.17, 15) is 4.79 Å². The van der Waals surface area contributed by atoms with Gasteiger partial charge in [-0.1, -0.05) is 89.6 Å². The zero-order chi connectivity index (χ0) is 20.2. The van der Waals surface area contributed by atoms with Crippen LogP contribution in [0, 0.1) is 11.3 Å². The van der Waals surface area contributed by atoms with Gasteiger partial charge in [0, 0.05) is 5.41 Å². The van der Waals surface area contributed by atoms with Crippen LogP contribution >= 0.6 is 0 Å². The molecule has 0 amide bonds. The van der Waals surface area contributed by atoms with Crippen LogP contribution in [0.1, 0.15) is 109 Å². The Balaban J connectivity index is 1.78. The summed E-state index contributed by atoms with van der Waals surface area (Å²) >= 11 is 0. The highest BCUT2D eigenvalue weighted by Gasteiger charge is 2.31. The van der Waals surface area contributed by atoms with E-state index in [-0.39, 0.29) is 17.3 Å². The molecule has 0 aliphatic heterocycles. The molecule has 0 N–H and O–H groups in total. The van der Waals surface area contributed by atoms with Crippen LogP contribution in [0.4, 0.5) is 0 Å². The molecule has 0 radical (unpaired) electrons. The van der Waals surface area contributed by atoms with Gasteiger partial charge in [-0.05, 0) is 50.0 Å². The predicted octanol–water partition coefficient (Wildman–Crippen LogP) is 7.67. The van der Waals surface area contributed by atoms with E-state index in [2.05, 4.69) is 51.1 Å². The van der Waals surface area contributed by atoms with E-state index >= 15 is 0 Å². The second kappa shape index (κ2) is 12.3. The monoisotopic (exact) mass is 386 g/mol. The Morgan fingerprint density at radius 1 is 0.929 bits per heavy atom. The standard InChI is InChI=1S/C26H42O2/c1-4-6-8-12-20-26(3,19-7-5-2)21-28-25(27)24-17-15-23(16-18-24)22-13-10-9-11-14-22/h9-11,13-14,23-24H,4-8,12,15-21H2,1-3H3. The molecule has 1 saturated carbocycles. The minimum atomic E-state index is 0.0581. The molecule has 2 rings (SSSR count). The minimum Gasteiger partial charge on any atom is -0.465 e. The van der Waals surface area contributed by atoms with E-state index in [1.807, 2.05) is 0 Å². The molecule has 1 aromatic rings. The SMILES string of the molecule is CCCCCCC(C)(CCCC)COC(=O)C1CCC(c2ccccc2)CC1. The number of unbranched alkanes of at least 4 members (excludes halogenated alkanes) is 4. The van der Waals surface area contributed by atoms with E-state index in [1.54, 1.807) is 0 Å². The average molecular weight is 387 g/mol. The molecule has 28 heavy (non-hydrogen) atoms. The maximum atomic E-state index is 12.7. The van der Waals surface area contributed by atoms with Crippen molar-refractivity contribution < 1.29 is 9.53 Å². The van der Waals surface area contributed by atoms with Crippen molar-refractivity contribution in [1.29, 1.82) is 0 Å². The Labute approximate surface area is 173 Å². The molecule has 1 unspecified atom stereocenters. The lowest BCUT2D eigenvalue weighted by molar-refractivity contribution is -0.153. The highest BCUT2D eigenvalue weighted by atomic mass is 16.5. The van der Waals surface area contributed by atoms with Gasteiger partial charge in [0.25, 0.3) is 0 Å². The van der Waals surface area contributed by atoms with Crippen LogP contribution in [0.25, 0.3) is 0 Å². The Morgan fingerprint density at radius 3 is 2.21 bits per heavy atom. The van der Waals surface area contributed by atoms with E-state index < -0.39 is 0 Å². The fraction of sp³-hybridized carbons (Fsp3) is 0.731. The predicted molar refractivity (Wildman–Crippen MR) is 118 cm³/mol. The largest absolute Gasteiger partial charge is 0.465 e. The Bertz CT molecular complexity index is 545. The second-order valence-electron chi connectivity index (χ2n) is 9.29. The summed E-state index contributed by atoms with van der Waals surface area (Å²) in [5.74, 6) is 0.775. The second-order valence-corrected chi connectivity index (χ2v) is 9.29. The molecule has 2 heteroatoms. The maximum absolute atomic E-state index is 12.7. The third kappa shape index (κ3) is 7.60. The molecule has 0 aromatic heterocycles. The van der Waals surface area contributed by atoms with Crippen molar-refractivity contribution in [1.82, 2.24) is 0 Å². The van der Waals surface area contributed by atoms with Crippen molar-refractivity contribution >= 4 is 5.97 Å². The maximum Gasteiger partial charge on any atom is 0.308 e. The topological polar surface area (TPSA) is 26.3 Å². The highest BCUT2D eigenvalue weighted by molar-refractivity contribution is 5.72. The number of esters is 1. The molecule has 1 fully saturated rings. The number of benzene rings is 1. The van der Waals surface area contributed by atoms with Crippen molar-refractivity contribution in [3.05, 3.63) is 35.9 Å². The first-order chi connectivity index (χ1) is 13.6. The number of hydrogen-bond donors (Lipinski definition) is 0. The van der Waals surface area contributed by atoms with Crippen molar-refractivity contribution in [3.8, 4) is 0 Å². The summed E-state index contributed by atoms with van der Waals surface area (Å²) in [6.45, 7) is 7.43. The number of hydrogen-bond acceptors (Lipinski definition) is 2. The zero-order valence-electron chi connectivity index (χ0n) is 18.6. The molecule has 1 aromatic carbocycles. The summed E-state index contributed by atoms with van der Waals surface area (Å²) in [6.07, 6.45) is 14.1. The van der Waals surface area contributed by atoms with Crippen LogP contribution < -0.4 is 0 Å². The first-order valence-corrected chi connectivity index (χ1v) is 11.8. The smallest absolute Gasteiger partial charge is 0.308 e. The van der Waals surface area contributed by atoms with Crippen LogP contribution in [0.15, 0.2) is 30.3 Å². The van der Waals surface area contributed by atoms with Gasteiger partial charge in [-0.15, -0.1) is 0 Å². The van der Waals surface area contributed by atoms with Gasteiger partial charge >= 0.3 is 5.97 Å². The van der Waals surface area contributed by atoms with E-state index in [0.29, 0.717) is 12.5 Å². The van der Waals surface area contributed by atoms with Crippen molar-refractivity contribution in [2.45, 2.75) is 104 Å². The van der Waals surface area contributed by atoms with Gasteiger partial charge in [0.15, 0.2) is 0 Å². The van der Waals surface area contributed by atoms with Crippen LogP contribution in [0.3, 0.4) is 0 Å². The van der Waals surface area contributed by atoms with Crippen LogP contribution in [0.5, 0.6) is 0 Å². The van der Waals surface area contributed by atoms with Gasteiger partial charge in [-0.2, -0.15) is 0 Å². The van der Waals surface area contributed by atoms with Crippen molar-refractivity contribution in [3.63, 3.8) is 0 Å². The number of carbonyl (C=O) groups excluding carboxylic acids is 1. The van der Waals surface area contributed by atoms with Crippen molar-refractivity contribution in [2.24, 2.45) is 11.3 Å². The fourth-order valence-electron chi connectivity index (χ4n) is 4.60. The third-order valence-electron chi connectivity index (χ3n) is 6.66. The van der Waals surface area contributed by atoms with Gasteiger partial charge < -0.3 is 4.74 Å². The zero-order valence-corrected chi connectivity index (χ0v) is 18.6. The summed E-state index contributed by atoms with van der Waals surface area (Å²) in [6, 6.07) is 10.8. The molecular weight excluding hydrogens is 344 g/mol. The first kappa shape index (κ1) is 23.0. The summed E-state index contributed by atoms with van der Waals surface area (Å²) in [5, 5.41) is 0. The molecular formula is C26H42O2. The molecule has 1 aliphatic carbocycles. The summed E-state index contributed by atoms with van der Waals surface area (Å²) < 4.78 is 5.90. The lowest BCUT2D eigenvalue weighted by Crippen LogP contribution is -2.29. The van der Waals surface area contributed by atoms with Crippen LogP contribution in [0.2, 0.25) is 0 Å². The van der Waals surface area contributed by atoms with Gasteiger partial charge in [0.05, 0.1) is 12.5 Å². The quantitative estimate of drug-likeness (QED) is 0.272. The first-order valence-electron chi connectivity index (χ1n) is 11.8. The minimum absolute atomic E-state index is 0.0581.